The van der Waals surface area contributed by atoms with E-state index in [0.29, 0.717) is 0 Å². The molecular weight excluding hydrogens is 685 g/mol. The number of imidazole rings is 2. The number of halogens is 1. The zero-order valence-corrected chi connectivity index (χ0v) is 25.9. The number of ether oxygens (including phenoxy) is 2. The van der Waals surface area contributed by atoms with Gasteiger partial charge in [-0.15, -0.1) is 0 Å². The van der Waals surface area contributed by atoms with E-state index in [1.165, 1.54) is 17.2 Å². The lowest BCUT2D eigenvalue weighted by Crippen LogP contribution is -2.35. The molecule has 3 saturated heterocycles. The molecule has 0 saturated carbocycles. The van der Waals surface area contributed by atoms with Gasteiger partial charge in [-0.1, -0.05) is 24.5 Å². The molecule has 4 aromatic rings. The lowest BCUT2D eigenvalue weighted by molar-refractivity contribution is -0.0568. The lowest BCUT2D eigenvalue weighted by Gasteiger charge is -2.26. The summed E-state index contributed by atoms with van der Waals surface area (Å²) in [5.74, 6) is -0.193. The van der Waals surface area contributed by atoms with Crippen molar-refractivity contribution in [2.24, 2.45) is 0 Å². The minimum absolute atomic E-state index is 0.0680. The Hall–Kier alpha value is -2.69. The van der Waals surface area contributed by atoms with E-state index in [0.717, 1.165) is 10.9 Å². The van der Waals surface area contributed by atoms with Crippen molar-refractivity contribution in [1.82, 2.24) is 39.0 Å². The molecule has 20 nitrogen and oxygen atoms in total. The number of nitrogens with one attached hydrogen (secondary N) is 1. The summed E-state index contributed by atoms with van der Waals surface area (Å²) in [6.07, 6.45) is -8.71. The summed E-state index contributed by atoms with van der Waals surface area (Å²) in [6, 6.07) is 0. The minimum Gasteiger partial charge on any atom is -0.387 e. The zero-order valence-electron chi connectivity index (χ0n) is 22.3. The average molecular weight is 709 g/mol. The summed E-state index contributed by atoms with van der Waals surface area (Å²) in [5, 5.41) is 11.1. The third-order valence-corrected chi connectivity index (χ3v) is 10.5. The van der Waals surface area contributed by atoms with Crippen molar-refractivity contribution in [2.75, 3.05) is 24.7 Å². The average Bonchev–Trinajstić information content (AvgIpc) is 3.72. The van der Waals surface area contributed by atoms with E-state index in [1.807, 2.05) is 0 Å². The van der Waals surface area contributed by atoms with Crippen molar-refractivity contribution in [3.8, 4) is 0 Å². The number of aliphatic hydroxyl groups is 1. The van der Waals surface area contributed by atoms with Crippen LogP contribution < -0.4 is 17.0 Å². The summed E-state index contributed by atoms with van der Waals surface area (Å²) in [4.78, 5) is 34.7. The molecule has 0 amide bonds. The molecule has 7 heterocycles. The molecule has 7 rings (SSSR count). The predicted molar refractivity (Wildman–Crippen MR) is 156 cm³/mol. The van der Waals surface area contributed by atoms with Crippen LogP contribution in [0.1, 0.15) is 12.5 Å². The number of aromatic amines is 1. The molecule has 0 spiro atoms. The number of aliphatic hydroxyl groups excluding tert-OH is 1. The first-order valence-corrected chi connectivity index (χ1v) is 18.3. The summed E-state index contributed by atoms with van der Waals surface area (Å²) in [6.45, 7) is -10.1. The number of nitrogens with two attached hydrogens (primary N) is 2. The molecule has 3 fully saturated rings. The third-order valence-electron chi connectivity index (χ3n) is 7.28. The number of hydrogen-bond acceptors (Lipinski definition) is 17. The van der Waals surface area contributed by atoms with Crippen LogP contribution in [-0.2, 0) is 36.7 Å². The van der Waals surface area contributed by atoms with Gasteiger partial charge in [-0.25, -0.2) is 33.5 Å². The minimum atomic E-state index is -4.42. The first-order chi connectivity index (χ1) is 21.3. The third kappa shape index (κ3) is 5.54. The molecule has 1 unspecified atom stereocenters. The summed E-state index contributed by atoms with van der Waals surface area (Å²) >= 11 is 8.04. The Bertz CT molecular complexity index is 1950. The van der Waals surface area contributed by atoms with E-state index in [9.17, 15) is 19.0 Å². The Labute approximate surface area is 260 Å². The van der Waals surface area contributed by atoms with Crippen LogP contribution in [0.15, 0.2) is 23.8 Å². The highest BCUT2D eigenvalue weighted by molar-refractivity contribution is 8.44. The molecule has 0 radical (unpaired) electrons. The van der Waals surface area contributed by atoms with Gasteiger partial charge in [0.1, 0.15) is 42.4 Å². The molecule has 25 heteroatoms. The topological polar surface area (TPSA) is 269 Å². The number of H-pyrrole nitrogens is 1. The van der Waals surface area contributed by atoms with Crippen LogP contribution in [-0.4, -0.2) is 94.0 Å². The van der Waals surface area contributed by atoms with E-state index in [1.54, 1.807) is 0 Å². The van der Waals surface area contributed by atoms with Crippen LogP contribution in [0.5, 0.6) is 0 Å². The van der Waals surface area contributed by atoms with E-state index in [-0.39, 0.29) is 34.1 Å². The SMILES string of the molecule is Nc1nc2c(ncn2[C@@H]2O[C@@H]3CO[P@](=O)(S)O[C@@H]4[C@H](O)C(CO[P@@](=O)(S)O[C@H]3[C@H]2F)O[C@H]4n2cnc3c(N)ncnc32)c(=O)[nH]1. The second kappa shape index (κ2) is 11.2. The molecule has 0 aliphatic carbocycles. The van der Waals surface area contributed by atoms with Crippen LogP contribution in [0, 0.1) is 0 Å². The van der Waals surface area contributed by atoms with Gasteiger partial charge in [-0.05, 0) is 0 Å². The van der Waals surface area contributed by atoms with Crippen molar-refractivity contribution < 1.29 is 46.2 Å². The molecule has 3 aliphatic rings. The Morgan fingerprint density at radius 3 is 2.27 bits per heavy atom. The molecule has 10 atom stereocenters. The van der Waals surface area contributed by atoms with Gasteiger partial charge >= 0.3 is 13.6 Å². The maximum atomic E-state index is 16.0. The fourth-order valence-electron chi connectivity index (χ4n) is 5.26. The normalized spacial score (nSPS) is 37.7. The highest BCUT2D eigenvalue weighted by atomic mass is 32.7. The number of fused-ring (bicyclic) bond motifs is 5. The van der Waals surface area contributed by atoms with Crippen LogP contribution in [0.4, 0.5) is 16.2 Å². The summed E-state index contributed by atoms with van der Waals surface area (Å²) in [5.41, 5.74) is 11.0. The van der Waals surface area contributed by atoms with E-state index < -0.39 is 81.5 Å². The van der Waals surface area contributed by atoms with Crippen molar-refractivity contribution in [1.29, 1.82) is 0 Å². The number of rotatable bonds is 2. The van der Waals surface area contributed by atoms with Gasteiger partial charge < -0.3 is 26.0 Å². The lowest BCUT2D eigenvalue weighted by atomic mass is 10.1. The number of nitrogens with zero attached hydrogens (tertiary/aromatic N) is 7. The van der Waals surface area contributed by atoms with Crippen LogP contribution in [0.3, 0.4) is 0 Å². The van der Waals surface area contributed by atoms with Crippen LogP contribution in [0.2, 0.25) is 0 Å². The second-order valence-electron chi connectivity index (χ2n) is 10.1. The fraction of sp³-hybridized carbons (Fsp3) is 0.500. The number of aromatic nitrogens is 8. The Balaban J connectivity index is 1.21. The molecule has 242 valence electrons. The monoisotopic (exact) mass is 708 g/mol. The largest absolute Gasteiger partial charge is 0.387 e. The highest BCUT2D eigenvalue weighted by Crippen LogP contribution is 2.60. The highest BCUT2D eigenvalue weighted by Gasteiger charge is 2.54. The number of nitrogen functional groups attached to an aromatic ring is 2. The van der Waals surface area contributed by atoms with Gasteiger partial charge in [0.05, 0.1) is 25.9 Å². The van der Waals surface area contributed by atoms with E-state index in [4.69, 9.17) is 39.0 Å². The Kier molecular flexibility index (Phi) is 7.72. The summed E-state index contributed by atoms with van der Waals surface area (Å²) in [7, 11) is 0. The van der Waals surface area contributed by atoms with Crippen molar-refractivity contribution in [3.05, 3.63) is 29.3 Å². The number of alkyl halides is 1. The molecular formula is C20H23FN10O10P2S2. The molecule has 3 aliphatic heterocycles. The van der Waals surface area contributed by atoms with Crippen molar-refractivity contribution in [2.45, 2.75) is 49.1 Å². The van der Waals surface area contributed by atoms with Crippen LogP contribution >= 0.6 is 38.1 Å². The molecule has 6 N–H and O–H groups in total. The van der Waals surface area contributed by atoms with Gasteiger partial charge in [0.15, 0.2) is 41.3 Å². The molecule has 45 heavy (non-hydrogen) atoms. The first-order valence-electron chi connectivity index (χ1n) is 12.9. The van der Waals surface area contributed by atoms with Crippen LogP contribution in [0.25, 0.3) is 22.3 Å². The second-order valence-corrected chi connectivity index (χ2v) is 15.8. The van der Waals surface area contributed by atoms with Crippen molar-refractivity contribution >= 4 is 72.2 Å². The first kappa shape index (κ1) is 30.9. The fourth-order valence-corrected chi connectivity index (χ4v) is 8.20. The predicted octanol–water partition coefficient (Wildman–Crippen LogP) is 0.511. The van der Waals surface area contributed by atoms with Gasteiger partial charge in [-0.2, -0.15) is 4.98 Å². The molecule has 2 bridgehead atoms. The Morgan fingerprint density at radius 2 is 1.53 bits per heavy atom. The van der Waals surface area contributed by atoms with Gasteiger partial charge in [-0.3, -0.25) is 37.0 Å². The van der Waals surface area contributed by atoms with E-state index in [2.05, 4.69) is 54.4 Å². The van der Waals surface area contributed by atoms with Gasteiger partial charge in [0, 0.05) is 0 Å². The zero-order chi connectivity index (χ0) is 31.8. The maximum Gasteiger partial charge on any atom is 0.386 e. The standard InChI is InChI=1S/C20H23FN10O10P2S2/c21-8-12-7(39-18(8)31-5-27-10-16(31)28-20(23)29-17(10)33)2-37-43(35,45)41-13-11(32)6(1-36-42(34,44)40-12)38-19(13)30-4-26-9-14(22)24-3-25-15(9)30/h3-8,11-13,18-19,32H,1-2H2,(H,34,44)(H,35,45)(H2,22,24,25)(H3,23,28,29,33)/t6?,7-,8-,11-,12-,13-,18-,19-,42-,43+/m1/s1. The quantitative estimate of drug-likeness (QED) is 0.122. The van der Waals surface area contributed by atoms with Crippen molar-refractivity contribution in [3.63, 3.8) is 0 Å². The Morgan fingerprint density at radius 1 is 0.911 bits per heavy atom. The number of thiol groups is 2. The maximum absolute atomic E-state index is 16.0. The van der Waals surface area contributed by atoms with E-state index >= 15 is 4.39 Å². The molecule has 0 aromatic carbocycles. The summed E-state index contributed by atoms with van der Waals surface area (Å²) < 4.78 is 79.1. The smallest absolute Gasteiger partial charge is 0.386 e. The van der Waals surface area contributed by atoms with Gasteiger partial charge in [0.25, 0.3) is 5.56 Å². The molecule has 4 aromatic heterocycles. The number of anilines is 2. The number of hydrogen-bond donors (Lipinski definition) is 6. The van der Waals surface area contributed by atoms with Gasteiger partial charge in [0.2, 0.25) is 5.95 Å².